The molecule has 0 unspecified atom stereocenters. The zero-order valence-electron chi connectivity index (χ0n) is 17.6. The lowest BCUT2D eigenvalue weighted by atomic mass is 9.92. The Bertz CT molecular complexity index is 934. The molecule has 1 aliphatic carbocycles. The Morgan fingerprint density at radius 2 is 1.90 bits per heavy atom. The zero-order valence-corrected chi connectivity index (χ0v) is 19.2. The van der Waals surface area contributed by atoms with Gasteiger partial charge in [-0.3, -0.25) is 4.90 Å². The van der Waals surface area contributed by atoms with Crippen LogP contribution >= 0.6 is 24.8 Å². The summed E-state index contributed by atoms with van der Waals surface area (Å²) in [7, 11) is 1.35. The molecule has 0 bridgehead atoms. The SMILES string of the molecule is COC(=O)c1cc(-c2ccc([C@@]34C[C@@H]3CN(C3CCOCC3)C4)cc2)cnc1N.Cl.Cl. The van der Waals surface area contributed by atoms with Crippen LogP contribution in [0, 0.1) is 5.92 Å². The molecule has 0 amide bonds. The van der Waals surface area contributed by atoms with Crippen molar-refractivity contribution in [3.63, 3.8) is 0 Å². The third-order valence-electron chi connectivity index (χ3n) is 7.00. The normalized spacial score (nSPS) is 25.1. The first-order chi connectivity index (χ1) is 14.1. The predicted octanol–water partition coefficient (Wildman–Crippen LogP) is 3.71. The number of aromatic nitrogens is 1. The highest BCUT2D eigenvalue weighted by Gasteiger charge is 2.61. The second-order valence-corrected chi connectivity index (χ2v) is 8.56. The second-order valence-electron chi connectivity index (χ2n) is 8.56. The number of hydrogen-bond donors (Lipinski definition) is 1. The molecule has 3 fully saturated rings. The van der Waals surface area contributed by atoms with E-state index < -0.39 is 5.97 Å². The first kappa shape index (κ1) is 23.8. The number of fused-ring (bicyclic) bond motifs is 1. The lowest BCUT2D eigenvalue weighted by Crippen LogP contribution is -2.40. The van der Waals surface area contributed by atoms with E-state index in [2.05, 4.69) is 34.1 Å². The van der Waals surface area contributed by atoms with Crippen LogP contribution in [0.5, 0.6) is 0 Å². The van der Waals surface area contributed by atoms with Gasteiger partial charge in [0.15, 0.2) is 0 Å². The van der Waals surface area contributed by atoms with E-state index in [0.29, 0.717) is 17.0 Å². The smallest absolute Gasteiger partial charge is 0.341 e. The molecule has 2 atom stereocenters. The molecular weight excluding hydrogens is 437 g/mol. The summed E-state index contributed by atoms with van der Waals surface area (Å²) in [6.45, 7) is 4.18. The van der Waals surface area contributed by atoms with Crippen molar-refractivity contribution in [2.24, 2.45) is 5.92 Å². The van der Waals surface area contributed by atoms with Crippen molar-refractivity contribution in [3.8, 4) is 11.1 Å². The number of anilines is 1. The average molecular weight is 466 g/mol. The van der Waals surface area contributed by atoms with Crippen LogP contribution in [0.1, 0.15) is 35.2 Å². The van der Waals surface area contributed by atoms with Crippen LogP contribution in [0.25, 0.3) is 11.1 Å². The van der Waals surface area contributed by atoms with E-state index in [1.165, 1.54) is 25.6 Å². The van der Waals surface area contributed by atoms with E-state index in [9.17, 15) is 4.79 Å². The number of benzene rings is 1. The predicted molar refractivity (Wildman–Crippen MR) is 125 cm³/mol. The van der Waals surface area contributed by atoms with E-state index in [-0.39, 0.29) is 30.6 Å². The molecular formula is C23H29Cl2N3O3. The van der Waals surface area contributed by atoms with Crippen molar-refractivity contribution in [2.45, 2.75) is 30.7 Å². The van der Waals surface area contributed by atoms with Crippen molar-refractivity contribution >= 4 is 36.6 Å². The molecule has 5 rings (SSSR count). The van der Waals surface area contributed by atoms with Gasteiger partial charge in [-0.05, 0) is 42.4 Å². The highest BCUT2D eigenvalue weighted by molar-refractivity contribution is 5.95. The largest absolute Gasteiger partial charge is 0.465 e. The molecule has 1 aromatic heterocycles. The van der Waals surface area contributed by atoms with E-state index in [1.807, 2.05) is 0 Å². The minimum absolute atomic E-state index is 0. The maximum absolute atomic E-state index is 11.9. The van der Waals surface area contributed by atoms with Crippen molar-refractivity contribution in [1.82, 2.24) is 9.88 Å². The maximum Gasteiger partial charge on any atom is 0.341 e. The van der Waals surface area contributed by atoms with Gasteiger partial charge < -0.3 is 15.2 Å². The third-order valence-corrected chi connectivity index (χ3v) is 7.00. The summed E-state index contributed by atoms with van der Waals surface area (Å²) in [5.41, 5.74) is 9.78. The molecule has 31 heavy (non-hydrogen) atoms. The number of esters is 1. The van der Waals surface area contributed by atoms with E-state index in [4.69, 9.17) is 15.2 Å². The van der Waals surface area contributed by atoms with Gasteiger partial charge in [0, 0.05) is 49.5 Å². The van der Waals surface area contributed by atoms with Gasteiger partial charge in [-0.1, -0.05) is 24.3 Å². The lowest BCUT2D eigenvalue weighted by molar-refractivity contribution is 0.0378. The molecule has 8 heteroatoms. The number of nitrogens with two attached hydrogens (primary N) is 1. The monoisotopic (exact) mass is 465 g/mol. The number of carbonyl (C=O) groups excluding carboxylic acids is 1. The number of carbonyl (C=O) groups is 1. The summed E-state index contributed by atoms with van der Waals surface area (Å²) in [5, 5.41) is 0. The van der Waals surface area contributed by atoms with Crippen LogP contribution in [-0.2, 0) is 14.9 Å². The summed E-state index contributed by atoms with van der Waals surface area (Å²) in [6.07, 6.45) is 5.32. The van der Waals surface area contributed by atoms with Gasteiger partial charge in [0.2, 0.25) is 0 Å². The molecule has 2 saturated heterocycles. The number of ether oxygens (including phenoxy) is 2. The van der Waals surface area contributed by atoms with Crippen molar-refractivity contribution in [2.75, 3.05) is 39.1 Å². The van der Waals surface area contributed by atoms with Crippen LogP contribution in [0.2, 0.25) is 0 Å². The van der Waals surface area contributed by atoms with Crippen LogP contribution in [-0.4, -0.2) is 55.3 Å². The third kappa shape index (κ3) is 4.27. The number of hydrogen-bond acceptors (Lipinski definition) is 6. The van der Waals surface area contributed by atoms with Gasteiger partial charge in [0.25, 0.3) is 0 Å². The summed E-state index contributed by atoms with van der Waals surface area (Å²) in [5.74, 6) is 0.503. The Kier molecular flexibility index (Phi) is 7.16. The fourth-order valence-electron chi connectivity index (χ4n) is 5.20. The molecule has 2 N–H and O–H groups in total. The Balaban J connectivity index is 0.00000136. The molecule has 3 heterocycles. The number of nitrogen functional groups attached to an aromatic ring is 1. The van der Waals surface area contributed by atoms with Gasteiger partial charge >= 0.3 is 5.97 Å². The number of halogens is 2. The van der Waals surface area contributed by atoms with Gasteiger partial charge in [0.1, 0.15) is 11.4 Å². The molecule has 0 spiro atoms. The molecule has 168 valence electrons. The number of likely N-dealkylation sites (tertiary alicyclic amines) is 1. The van der Waals surface area contributed by atoms with Crippen LogP contribution in [0.4, 0.5) is 5.82 Å². The molecule has 1 aromatic carbocycles. The minimum Gasteiger partial charge on any atom is -0.465 e. The average Bonchev–Trinajstić information content (AvgIpc) is 3.35. The van der Waals surface area contributed by atoms with Crippen LogP contribution in [0.3, 0.4) is 0 Å². The van der Waals surface area contributed by atoms with Crippen molar-refractivity contribution in [1.29, 1.82) is 0 Å². The summed E-state index contributed by atoms with van der Waals surface area (Å²) in [4.78, 5) is 18.8. The van der Waals surface area contributed by atoms with Gasteiger partial charge in [-0.2, -0.15) is 0 Å². The number of rotatable bonds is 4. The quantitative estimate of drug-likeness (QED) is 0.693. The zero-order chi connectivity index (χ0) is 20.0. The molecule has 6 nitrogen and oxygen atoms in total. The Hall–Kier alpha value is -1.86. The van der Waals surface area contributed by atoms with Gasteiger partial charge in [-0.15, -0.1) is 24.8 Å². The van der Waals surface area contributed by atoms with Crippen molar-refractivity contribution < 1.29 is 14.3 Å². The highest BCUT2D eigenvalue weighted by Crippen LogP contribution is 2.59. The van der Waals surface area contributed by atoms with Crippen LogP contribution < -0.4 is 5.73 Å². The molecule has 2 aliphatic heterocycles. The standard InChI is InChI=1S/C23H27N3O3.2ClH/c1-28-22(27)20-10-16(12-25-21(20)24)15-2-4-17(5-3-15)23-11-18(23)13-26(14-23)19-6-8-29-9-7-19;;/h2-5,10,12,18-19H,6-9,11,13-14H2,1H3,(H2,24,25);2*1H/t18-,23+;;/m1../s1. The number of pyridine rings is 1. The number of methoxy groups -OCH3 is 1. The van der Waals surface area contributed by atoms with Gasteiger partial charge in [-0.25, -0.2) is 9.78 Å². The fourth-order valence-corrected chi connectivity index (χ4v) is 5.20. The van der Waals surface area contributed by atoms with Crippen LogP contribution in [0.15, 0.2) is 36.5 Å². The maximum atomic E-state index is 11.9. The van der Waals surface area contributed by atoms with E-state index >= 15 is 0 Å². The van der Waals surface area contributed by atoms with Gasteiger partial charge in [0.05, 0.1) is 7.11 Å². The second kappa shape index (κ2) is 9.33. The minimum atomic E-state index is -0.465. The molecule has 2 aromatic rings. The number of nitrogens with zero attached hydrogens (tertiary/aromatic N) is 2. The number of piperidine rings is 1. The molecule has 1 saturated carbocycles. The topological polar surface area (TPSA) is 77.7 Å². The van der Waals surface area contributed by atoms with E-state index in [0.717, 1.165) is 49.6 Å². The van der Waals surface area contributed by atoms with E-state index in [1.54, 1.807) is 12.3 Å². The molecule has 3 aliphatic rings. The first-order valence-electron chi connectivity index (χ1n) is 10.4. The Morgan fingerprint density at radius 3 is 2.58 bits per heavy atom. The summed E-state index contributed by atoms with van der Waals surface area (Å²) >= 11 is 0. The molecule has 0 radical (unpaired) electrons. The Labute approximate surface area is 195 Å². The van der Waals surface area contributed by atoms with Crippen molar-refractivity contribution in [3.05, 3.63) is 47.7 Å². The summed E-state index contributed by atoms with van der Waals surface area (Å²) in [6, 6.07) is 11.2. The fraction of sp³-hybridized carbons (Fsp3) is 0.478. The highest BCUT2D eigenvalue weighted by atomic mass is 35.5. The lowest BCUT2D eigenvalue weighted by Gasteiger charge is -2.33. The summed E-state index contributed by atoms with van der Waals surface area (Å²) < 4.78 is 10.3. The first-order valence-corrected chi connectivity index (χ1v) is 10.4. The Morgan fingerprint density at radius 1 is 1.19 bits per heavy atom.